The second kappa shape index (κ2) is 7.43. The molecule has 3 nitrogen and oxygen atoms in total. The van der Waals surface area contributed by atoms with Gasteiger partial charge in [0, 0.05) is 22.4 Å². The molecule has 0 bridgehead atoms. The van der Waals surface area contributed by atoms with E-state index in [1.807, 2.05) is 13.8 Å². The summed E-state index contributed by atoms with van der Waals surface area (Å²) >= 11 is 1.47. The zero-order chi connectivity index (χ0) is 15.2. The molecule has 0 saturated carbocycles. The lowest BCUT2D eigenvalue weighted by atomic mass is 10.2. The van der Waals surface area contributed by atoms with E-state index in [9.17, 15) is 9.50 Å². The van der Waals surface area contributed by atoms with Gasteiger partial charge in [0.1, 0.15) is 11.6 Å². The molecule has 5 heteroatoms. The Hall–Kier alpha value is -1.59. The topological polar surface area (TPSA) is 42.4 Å². The Morgan fingerprint density at radius 2 is 1.95 bits per heavy atom. The molecule has 1 aromatic carbocycles. The normalized spacial score (nSPS) is 12.4. The van der Waals surface area contributed by atoms with Crippen LogP contribution in [0.1, 0.15) is 25.5 Å². The van der Waals surface area contributed by atoms with Gasteiger partial charge in [-0.3, -0.25) is 4.98 Å². The summed E-state index contributed by atoms with van der Waals surface area (Å²) in [5.74, 6) is 0.856. The summed E-state index contributed by atoms with van der Waals surface area (Å²) in [7, 11) is 0. The number of ether oxygens (including phenoxy) is 1. The van der Waals surface area contributed by atoms with Gasteiger partial charge in [0.15, 0.2) is 0 Å². The van der Waals surface area contributed by atoms with Gasteiger partial charge in [-0.05, 0) is 44.2 Å². The first-order valence-electron chi connectivity index (χ1n) is 6.72. The van der Waals surface area contributed by atoms with Gasteiger partial charge in [0.25, 0.3) is 0 Å². The van der Waals surface area contributed by atoms with Crippen molar-refractivity contribution in [1.29, 1.82) is 0 Å². The van der Waals surface area contributed by atoms with Crippen molar-refractivity contribution in [2.24, 2.45) is 0 Å². The molecule has 0 amide bonds. The molecular weight excluding hydrogens is 289 g/mol. The van der Waals surface area contributed by atoms with Crippen molar-refractivity contribution in [1.82, 2.24) is 4.98 Å². The third-order valence-corrected chi connectivity index (χ3v) is 3.80. The minimum Gasteiger partial charge on any atom is -0.489 e. The third kappa shape index (κ3) is 5.02. The molecule has 1 heterocycles. The number of hydrogen-bond donors (Lipinski definition) is 1. The average Bonchev–Trinajstić information content (AvgIpc) is 2.46. The number of nitrogens with zero attached hydrogens (tertiary/aromatic N) is 1. The predicted molar refractivity (Wildman–Crippen MR) is 82.1 cm³/mol. The lowest BCUT2D eigenvalue weighted by Gasteiger charge is -2.13. The largest absolute Gasteiger partial charge is 0.489 e. The zero-order valence-corrected chi connectivity index (χ0v) is 12.8. The Labute approximate surface area is 128 Å². The minimum atomic E-state index is -0.650. The second-order valence-corrected chi connectivity index (χ2v) is 5.99. The summed E-state index contributed by atoms with van der Waals surface area (Å²) in [4.78, 5) is 5.00. The molecule has 2 rings (SSSR count). The molecule has 1 atom stereocenters. The van der Waals surface area contributed by atoms with Gasteiger partial charge in [-0.25, -0.2) is 4.39 Å². The first-order valence-corrected chi connectivity index (χ1v) is 7.71. The van der Waals surface area contributed by atoms with E-state index >= 15 is 0 Å². The van der Waals surface area contributed by atoms with Crippen LogP contribution in [0.25, 0.3) is 0 Å². The second-order valence-electron chi connectivity index (χ2n) is 4.90. The van der Waals surface area contributed by atoms with Crippen molar-refractivity contribution in [3.8, 4) is 5.75 Å². The van der Waals surface area contributed by atoms with Gasteiger partial charge < -0.3 is 9.84 Å². The number of hydrogen-bond acceptors (Lipinski definition) is 4. The molecule has 2 aromatic rings. The van der Waals surface area contributed by atoms with E-state index in [1.165, 1.54) is 23.9 Å². The van der Waals surface area contributed by atoms with Crippen LogP contribution in [0.5, 0.6) is 5.75 Å². The summed E-state index contributed by atoms with van der Waals surface area (Å²) in [6.07, 6.45) is 2.67. The fourth-order valence-corrected chi connectivity index (χ4v) is 2.63. The van der Waals surface area contributed by atoms with E-state index in [-0.39, 0.29) is 11.9 Å². The molecule has 0 spiro atoms. The standard InChI is InChI=1S/C16H18FNO2S/c1-11(2)20-14-7-12(8-18-9-14)16(19)10-21-15-5-3-13(17)4-6-15/h3-9,11,16,19H,10H2,1-2H3. The highest BCUT2D eigenvalue weighted by Crippen LogP contribution is 2.26. The van der Waals surface area contributed by atoms with Crippen molar-refractivity contribution in [2.45, 2.75) is 31.0 Å². The summed E-state index contributed by atoms with van der Waals surface area (Å²) in [5, 5.41) is 10.2. The molecule has 0 radical (unpaired) electrons. The minimum absolute atomic E-state index is 0.0628. The van der Waals surface area contributed by atoms with Crippen molar-refractivity contribution >= 4 is 11.8 Å². The van der Waals surface area contributed by atoms with Crippen LogP contribution in [0.2, 0.25) is 0 Å². The molecule has 1 aromatic heterocycles. The van der Waals surface area contributed by atoms with Gasteiger partial charge in [0.05, 0.1) is 18.4 Å². The molecule has 1 N–H and O–H groups in total. The smallest absolute Gasteiger partial charge is 0.138 e. The van der Waals surface area contributed by atoms with Gasteiger partial charge in [-0.1, -0.05) is 0 Å². The summed E-state index contributed by atoms with van der Waals surface area (Å²) in [6.45, 7) is 3.88. The number of pyridine rings is 1. The van der Waals surface area contributed by atoms with E-state index in [4.69, 9.17) is 4.74 Å². The Kier molecular flexibility index (Phi) is 5.59. The van der Waals surface area contributed by atoms with Gasteiger partial charge in [0.2, 0.25) is 0 Å². The third-order valence-electron chi connectivity index (χ3n) is 2.71. The molecule has 0 aliphatic rings. The summed E-state index contributed by atoms with van der Waals surface area (Å²) < 4.78 is 18.4. The highest BCUT2D eigenvalue weighted by atomic mass is 32.2. The molecule has 0 aliphatic heterocycles. The van der Waals surface area contributed by atoms with E-state index in [1.54, 1.807) is 30.6 Å². The number of aliphatic hydroxyl groups excluding tert-OH is 1. The highest BCUT2D eigenvalue weighted by Gasteiger charge is 2.10. The van der Waals surface area contributed by atoms with Crippen LogP contribution < -0.4 is 4.74 Å². The Balaban J connectivity index is 1.96. The molecule has 112 valence electrons. The fraction of sp³-hybridized carbons (Fsp3) is 0.312. The lowest BCUT2D eigenvalue weighted by Crippen LogP contribution is -2.07. The molecular formula is C16H18FNO2S. The number of aliphatic hydroxyl groups is 1. The maximum atomic E-state index is 12.8. The SMILES string of the molecule is CC(C)Oc1cncc(C(O)CSc2ccc(F)cc2)c1. The summed E-state index contributed by atoms with van der Waals surface area (Å²) in [5.41, 5.74) is 0.711. The van der Waals surface area contributed by atoms with E-state index < -0.39 is 6.10 Å². The monoisotopic (exact) mass is 307 g/mol. The molecule has 1 unspecified atom stereocenters. The van der Waals surface area contributed by atoms with Crippen LogP contribution in [-0.4, -0.2) is 21.9 Å². The van der Waals surface area contributed by atoms with Gasteiger partial charge in [-0.2, -0.15) is 0 Å². The Morgan fingerprint density at radius 1 is 1.24 bits per heavy atom. The Bertz CT molecular complexity index is 575. The number of aromatic nitrogens is 1. The number of rotatable bonds is 6. The van der Waals surface area contributed by atoms with E-state index in [2.05, 4.69) is 4.98 Å². The fourth-order valence-electron chi connectivity index (χ4n) is 1.76. The first-order chi connectivity index (χ1) is 10.0. The quantitative estimate of drug-likeness (QED) is 0.824. The van der Waals surface area contributed by atoms with Gasteiger partial charge >= 0.3 is 0 Å². The molecule has 0 aliphatic carbocycles. The van der Waals surface area contributed by atoms with Crippen LogP contribution >= 0.6 is 11.8 Å². The van der Waals surface area contributed by atoms with Crippen LogP contribution in [0.15, 0.2) is 47.6 Å². The number of benzene rings is 1. The highest BCUT2D eigenvalue weighted by molar-refractivity contribution is 7.99. The lowest BCUT2D eigenvalue weighted by molar-refractivity contribution is 0.201. The number of halogens is 1. The van der Waals surface area contributed by atoms with Crippen LogP contribution in [0, 0.1) is 5.82 Å². The maximum Gasteiger partial charge on any atom is 0.138 e. The van der Waals surface area contributed by atoms with Crippen molar-refractivity contribution in [3.63, 3.8) is 0 Å². The van der Waals surface area contributed by atoms with Gasteiger partial charge in [-0.15, -0.1) is 11.8 Å². The van der Waals surface area contributed by atoms with E-state index in [0.717, 1.165) is 4.90 Å². The number of thioether (sulfide) groups is 1. The first kappa shape index (κ1) is 15.8. The predicted octanol–water partition coefficient (Wildman–Crippen LogP) is 3.83. The molecule has 0 saturated heterocycles. The summed E-state index contributed by atoms with van der Waals surface area (Å²) in [6, 6.07) is 8.01. The molecule has 0 fully saturated rings. The van der Waals surface area contributed by atoms with Crippen LogP contribution in [0.4, 0.5) is 4.39 Å². The van der Waals surface area contributed by atoms with Crippen molar-refractivity contribution < 1.29 is 14.2 Å². The maximum absolute atomic E-state index is 12.8. The Morgan fingerprint density at radius 3 is 2.62 bits per heavy atom. The zero-order valence-electron chi connectivity index (χ0n) is 12.0. The van der Waals surface area contributed by atoms with Crippen molar-refractivity contribution in [3.05, 3.63) is 54.1 Å². The van der Waals surface area contributed by atoms with Crippen molar-refractivity contribution in [2.75, 3.05) is 5.75 Å². The van der Waals surface area contributed by atoms with Crippen LogP contribution in [-0.2, 0) is 0 Å². The van der Waals surface area contributed by atoms with Crippen LogP contribution in [0.3, 0.4) is 0 Å². The molecule has 21 heavy (non-hydrogen) atoms. The average molecular weight is 307 g/mol. The van der Waals surface area contributed by atoms with E-state index in [0.29, 0.717) is 17.1 Å².